The van der Waals surface area contributed by atoms with E-state index in [1.165, 1.54) is 0 Å². The normalized spacial score (nSPS) is 13.0. The Morgan fingerprint density at radius 1 is 0.920 bits per heavy atom. The van der Waals surface area contributed by atoms with E-state index >= 15 is 0 Å². The van der Waals surface area contributed by atoms with Crippen LogP contribution < -0.4 is 5.30 Å². The molecule has 1 heterocycles. The average molecular weight is 483 g/mol. The molecule has 0 N–H and O–H groups in total. The molecule has 25 heavy (non-hydrogen) atoms. The van der Waals surface area contributed by atoms with Crippen molar-refractivity contribution in [1.82, 2.24) is 15.0 Å². The molecule has 0 radical (unpaired) electrons. The standard InChI is InChI=1S/C13H9Cl6N3O2P/c1-2-24-25(23)8-5-3-7(4-6-8)9-20-10(12(14,15)16)22-11(21-9)13(17,18)19/h3-6H,2H2,1H3/q+1. The summed E-state index contributed by atoms with van der Waals surface area (Å²) >= 11 is 35.0. The molecule has 1 aromatic heterocycles. The third-order valence-corrected chi connectivity index (χ3v) is 4.95. The molecule has 1 atom stereocenters. The van der Waals surface area contributed by atoms with Crippen LogP contribution in [0.4, 0.5) is 0 Å². The first-order chi connectivity index (χ1) is 11.5. The van der Waals surface area contributed by atoms with Crippen molar-refractivity contribution < 1.29 is 9.09 Å². The summed E-state index contributed by atoms with van der Waals surface area (Å²) in [4.78, 5) is 12.1. The molecule has 0 amide bonds. The molecular weight excluding hydrogens is 474 g/mol. The zero-order chi connectivity index (χ0) is 18.8. The number of rotatable bonds is 4. The van der Waals surface area contributed by atoms with E-state index in [2.05, 4.69) is 15.0 Å². The number of aromatic nitrogens is 3. The quantitative estimate of drug-likeness (QED) is 0.419. The van der Waals surface area contributed by atoms with Crippen molar-refractivity contribution >= 4 is 82.9 Å². The van der Waals surface area contributed by atoms with Crippen LogP contribution in [-0.2, 0) is 16.7 Å². The van der Waals surface area contributed by atoms with Gasteiger partial charge in [-0.3, -0.25) is 0 Å². The van der Waals surface area contributed by atoms with E-state index in [4.69, 9.17) is 74.1 Å². The predicted molar refractivity (Wildman–Crippen MR) is 103 cm³/mol. The number of benzene rings is 1. The van der Waals surface area contributed by atoms with Gasteiger partial charge in [0.25, 0.3) is 0 Å². The Bertz CT molecular complexity index is 745. The van der Waals surface area contributed by atoms with Gasteiger partial charge in [0.1, 0.15) is 6.61 Å². The fourth-order valence-electron chi connectivity index (χ4n) is 1.68. The first-order valence-electron chi connectivity index (χ1n) is 6.63. The van der Waals surface area contributed by atoms with Crippen molar-refractivity contribution in [3.05, 3.63) is 35.9 Å². The molecular formula is C13H9Cl6N3O2P+. The number of halogens is 6. The van der Waals surface area contributed by atoms with Gasteiger partial charge in [0.05, 0.1) is 0 Å². The number of hydrogen-bond acceptors (Lipinski definition) is 5. The number of hydrogen-bond donors (Lipinski definition) is 0. The van der Waals surface area contributed by atoms with E-state index in [1.807, 2.05) is 0 Å². The van der Waals surface area contributed by atoms with Gasteiger partial charge in [-0.15, -0.1) is 4.52 Å². The largest absolute Gasteiger partial charge is 0.548 e. The van der Waals surface area contributed by atoms with Gasteiger partial charge in [0.2, 0.25) is 12.9 Å². The van der Waals surface area contributed by atoms with Crippen LogP contribution >= 0.6 is 77.6 Å². The zero-order valence-electron chi connectivity index (χ0n) is 12.4. The van der Waals surface area contributed by atoms with Crippen molar-refractivity contribution in [2.45, 2.75) is 14.5 Å². The molecule has 0 bridgehead atoms. The molecule has 1 unspecified atom stereocenters. The molecule has 5 nitrogen and oxygen atoms in total. The summed E-state index contributed by atoms with van der Waals surface area (Å²) in [5, 5.41) is 0.512. The van der Waals surface area contributed by atoms with Gasteiger partial charge < -0.3 is 0 Å². The Kier molecular flexibility index (Phi) is 7.14. The summed E-state index contributed by atoms with van der Waals surface area (Å²) in [6.45, 7) is 2.09. The molecule has 0 aliphatic carbocycles. The zero-order valence-corrected chi connectivity index (χ0v) is 17.8. The lowest BCUT2D eigenvalue weighted by molar-refractivity contribution is 0.357. The predicted octanol–water partition coefficient (Wildman–Crippen LogP) is 5.60. The average Bonchev–Trinajstić information content (AvgIpc) is 2.53. The smallest absolute Gasteiger partial charge is 0.209 e. The Hall–Kier alpha value is 0.0300. The molecule has 2 aromatic rings. The van der Waals surface area contributed by atoms with Crippen LogP contribution in [0.15, 0.2) is 24.3 Å². The summed E-state index contributed by atoms with van der Waals surface area (Å²) < 4.78 is 13.0. The van der Waals surface area contributed by atoms with Gasteiger partial charge in [-0.05, 0) is 35.8 Å². The first kappa shape index (κ1) is 21.3. The van der Waals surface area contributed by atoms with Gasteiger partial charge >= 0.3 is 8.03 Å². The molecule has 12 heteroatoms. The maximum atomic E-state index is 11.8. The fraction of sp³-hybridized carbons (Fsp3) is 0.308. The van der Waals surface area contributed by atoms with Crippen LogP contribution in [0.5, 0.6) is 0 Å². The second-order valence-corrected chi connectivity index (χ2v) is 10.4. The minimum atomic E-state index is -1.94. The molecule has 0 saturated carbocycles. The van der Waals surface area contributed by atoms with E-state index in [0.717, 1.165) is 0 Å². The lowest BCUT2D eigenvalue weighted by Crippen LogP contribution is -2.16. The van der Waals surface area contributed by atoms with Gasteiger partial charge in [-0.2, -0.15) is 0 Å². The lowest BCUT2D eigenvalue weighted by Gasteiger charge is -2.15. The van der Waals surface area contributed by atoms with Crippen molar-refractivity contribution in [1.29, 1.82) is 0 Å². The molecule has 134 valence electrons. The third kappa shape index (κ3) is 5.75. The minimum absolute atomic E-state index is 0.135. The van der Waals surface area contributed by atoms with E-state index < -0.39 is 15.6 Å². The van der Waals surface area contributed by atoms with Gasteiger partial charge in [0, 0.05) is 5.56 Å². The summed E-state index contributed by atoms with van der Waals surface area (Å²) in [6.07, 6.45) is 0. The Morgan fingerprint density at radius 2 is 1.40 bits per heavy atom. The summed E-state index contributed by atoms with van der Waals surface area (Å²) in [5.41, 5.74) is 0.525. The molecule has 2 rings (SSSR count). The van der Waals surface area contributed by atoms with Crippen LogP contribution in [0.25, 0.3) is 11.4 Å². The van der Waals surface area contributed by atoms with E-state index in [0.29, 0.717) is 17.5 Å². The molecule has 0 saturated heterocycles. The van der Waals surface area contributed by atoms with Crippen molar-refractivity contribution in [2.75, 3.05) is 6.61 Å². The number of nitrogens with zero attached hydrogens (tertiary/aromatic N) is 3. The maximum absolute atomic E-state index is 11.8. The molecule has 0 fully saturated rings. The van der Waals surface area contributed by atoms with Crippen LogP contribution in [0.1, 0.15) is 18.6 Å². The first-order valence-corrected chi connectivity index (χ1v) is 10.1. The molecule has 0 spiro atoms. The fourth-order valence-corrected chi connectivity index (χ4v) is 2.97. The topological polar surface area (TPSA) is 65.0 Å². The van der Waals surface area contributed by atoms with Crippen molar-refractivity contribution in [3.63, 3.8) is 0 Å². The maximum Gasteiger partial charge on any atom is 0.548 e. The Morgan fingerprint density at radius 3 is 1.80 bits per heavy atom. The summed E-state index contributed by atoms with van der Waals surface area (Å²) in [5.74, 6) is -0.238. The van der Waals surface area contributed by atoms with Crippen molar-refractivity contribution in [3.8, 4) is 11.4 Å². The number of alkyl halides is 6. The minimum Gasteiger partial charge on any atom is -0.209 e. The van der Waals surface area contributed by atoms with Gasteiger partial charge in [-0.25, -0.2) is 15.0 Å². The highest BCUT2D eigenvalue weighted by molar-refractivity contribution is 7.48. The second-order valence-electron chi connectivity index (χ2n) is 4.52. The van der Waals surface area contributed by atoms with Gasteiger partial charge in [0.15, 0.2) is 17.5 Å². The highest BCUT2D eigenvalue weighted by Crippen LogP contribution is 2.40. The van der Waals surface area contributed by atoms with E-state index in [9.17, 15) is 4.57 Å². The lowest BCUT2D eigenvalue weighted by atomic mass is 10.2. The van der Waals surface area contributed by atoms with Crippen LogP contribution in [-0.4, -0.2) is 21.6 Å². The summed E-state index contributed by atoms with van der Waals surface area (Å²) in [6, 6.07) is 6.47. The Balaban J connectivity index is 2.49. The second kappa shape index (κ2) is 8.37. The van der Waals surface area contributed by atoms with E-state index in [1.54, 1.807) is 31.2 Å². The SMILES string of the molecule is CCO[P+](=O)c1ccc(-c2nc(C(Cl)(Cl)Cl)nc(C(Cl)(Cl)Cl)n2)cc1. The molecule has 1 aromatic carbocycles. The highest BCUT2D eigenvalue weighted by atomic mass is 35.6. The van der Waals surface area contributed by atoms with Crippen LogP contribution in [0, 0.1) is 0 Å². The monoisotopic (exact) mass is 480 g/mol. The summed E-state index contributed by atoms with van der Waals surface area (Å²) in [7, 11) is -1.94. The Labute approximate surface area is 174 Å². The van der Waals surface area contributed by atoms with E-state index in [-0.39, 0.29) is 17.5 Å². The molecule has 0 aliphatic heterocycles. The third-order valence-electron chi connectivity index (χ3n) is 2.73. The van der Waals surface area contributed by atoms with Gasteiger partial charge in [-0.1, -0.05) is 69.6 Å². The molecule has 0 aliphatic rings. The highest BCUT2D eigenvalue weighted by Gasteiger charge is 2.34. The van der Waals surface area contributed by atoms with Crippen molar-refractivity contribution in [2.24, 2.45) is 0 Å². The van der Waals surface area contributed by atoms with Crippen LogP contribution in [0.2, 0.25) is 0 Å². The van der Waals surface area contributed by atoms with Crippen LogP contribution in [0.3, 0.4) is 0 Å².